The molecular weight excluding hydrogens is 236 g/mol. The molecule has 1 aromatic carbocycles. The zero-order valence-corrected chi connectivity index (χ0v) is 12.5. The molecule has 0 aliphatic heterocycles. The molecule has 0 aromatic heterocycles. The summed E-state index contributed by atoms with van der Waals surface area (Å²) in [6, 6.07) is 10.7. The van der Waals surface area contributed by atoms with Crippen molar-refractivity contribution in [3.63, 3.8) is 0 Å². The van der Waals surface area contributed by atoms with E-state index in [-0.39, 0.29) is 0 Å². The molecule has 0 spiro atoms. The lowest BCUT2D eigenvalue weighted by Crippen LogP contribution is -2.24. The highest BCUT2D eigenvalue weighted by Gasteiger charge is 2.19. The molecule has 2 rings (SSSR count). The molecule has 96 valence electrons. The Hall–Kier alpha value is -1.28. The highest BCUT2D eigenvalue weighted by molar-refractivity contribution is 6.70. The molecule has 1 nitrogen and oxygen atoms in total. The smallest absolute Gasteiger partial charge is 0.242 e. The summed E-state index contributed by atoms with van der Waals surface area (Å²) in [7, 11) is -1.52. The van der Waals surface area contributed by atoms with Crippen molar-refractivity contribution in [2.45, 2.75) is 38.4 Å². The molecule has 0 bridgehead atoms. The Labute approximate surface area is 111 Å². The Kier molecular flexibility index (Phi) is 4.07. The lowest BCUT2D eigenvalue weighted by Gasteiger charge is -2.21. The summed E-state index contributed by atoms with van der Waals surface area (Å²) in [4.78, 5) is 0. The minimum atomic E-state index is -1.52. The van der Waals surface area contributed by atoms with Gasteiger partial charge in [-0.1, -0.05) is 36.4 Å². The summed E-state index contributed by atoms with van der Waals surface area (Å²) >= 11 is 0. The first-order chi connectivity index (χ1) is 8.54. The summed E-state index contributed by atoms with van der Waals surface area (Å²) < 4.78 is 6.12. The lowest BCUT2D eigenvalue weighted by molar-refractivity contribution is 0.437. The van der Waals surface area contributed by atoms with E-state index >= 15 is 0 Å². The van der Waals surface area contributed by atoms with Gasteiger partial charge in [0.15, 0.2) is 0 Å². The minimum Gasteiger partial charge on any atom is -0.545 e. The van der Waals surface area contributed by atoms with E-state index in [1.54, 1.807) is 0 Å². The zero-order valence-electron chi connectivity index (χ0n) is 11.5. The molecule has 18 heavy (non-hydrogen) atoms. The van der Waals surface area contributed by atoms with Gasteiger partial charge in [-0.3, -0.25) is 0 Å². The fraction of sp³-hybridized carbons (Fsp3) is 0.375. The summed E-state index contributed by atoms with van der Waals surface area (Å²) in [6.07, 6.45) is 8.95. The van der Waals surface area contributed by atoms with Gasteiger partial charge in [-0.05, 0) is 50.2 Å². The number of benzene rings is 1. The van der Waals surface area contributed by atoms with Gasteiger partial charge in [0, 0.05) is 5.92 Å². The molecule has 0 N–H and O–H groups in total. The van der Waals surface area contributed by atoms with Gasteiger partial charge in [0.25, 0.3) is 0 Å². The molecule has 1 aromatic rings. The van der Waals surface area contributed by atoms with Crippen molar-refractivity contribution in [3.05, 3.63) is 59.9 Å². The number of rotatable bonds is 3. The van der Waals surface area contributed by atoms with Gasteiger partial charge < -0.3 is 4.43 Å². The standard InChI is InChI=1S/C16H22OSi/c1-18(2,3)17-16-12-8-7-11-15(13-16)14-9-5-4-6-10-14/h4-6,8-10,12-13,15H,7,11H2,1-3H3. The quantitative estimate of drug-likeness (QED) is 0.704. The molecule has 2 heteroatoms. The highest BCUT2D eigenvalue weighted by Crippen LogP contribution is 2.28. The summed E-state index contributed by atoms with van der Waals surface area (Å²) in [5.41, 5.74) is 1.39. The lowest BCUT2D eigenvalue weighted by atomic mass is 9.95. The molecule has 1 aliphatic carbocycles. The molecule has 0 saturated heterocycles. The molecule has 1 aliphatic rings. The Balaban J connectivity index is 2.20. The van der Waals surface area contributed by atoms with E-state index in [1.807, 2.05) is 0 Å². The van der Waals surface area contributed by atoms with Gasteiger partial charge >= 0.3 is 0 Å². The average Bonchev–Trinajstić information content (AvgIpc) is 2.54. The third-order valence-corrected chi connectivity index (χ3v) is 3.79. The van der Waals surface area contributed by atoms with Crippen molar-refractivity contribution < 1.29 is 4.43 Å². The largest absolute Gasteiger partial charge is 0.545 e. The van der Waals surface area contributed by atoms with E-state index in [2.05, 4.69) is 68.2 Å². The maximum absolute atomic E-state index is 6.12. The van der Waals surface area contributed by atoms with Crippen LogP contribution >= 0.6 is 0 Å². The SMILES string of the molecule is C[Si](C)(C)OC1=CC(c2ccccc2)CCC=C1. The number of hydrogen-bond acceptors (Lipinski definition) is 1. The fourth-order valence-electron chi connectivity index (χ4n) is 2.20. The molecule has 0 fully saturated rings. The molecule has 1 atom stereocenters. The van der Waals surface area contributed by atoms with Crippen LogP contribution in [0.2, 0.25) is 19.6 Å². The van der Waals surface area contributed by atoms with Gasteiger partial charge in [0.1, 0.15) is 0 Å². The van der Waals surface area contributed by atoms with Crippen LogP contribution in [0, 0.1) is 0 Å². The Bertz CT molecular complexity index is 440. The first kappa shape index (κ1) is 13.2. The van der Waals surface area contributed by atoms with Crippen LogP contribution in [0.15, 0.2) is 54.3 Å². The van der Waals surface area contributed by atoms with Gasteiger partial charge in [-0.25, -0.2) is 0 Å². The van der Waals surface area contributed by atoms with E-state index in [9.17, 15) is 0 Å². The van der Waals surface area contributed by atoms with Crippen LogP contribution in [0.1, 0.15) is 24.3 Å². The van der Waals surface area contributed by atoms with Crippen LogP contribution in [-0.2, 0) is 4.43 Å². The van der Waals surface area contributed by atoms with Crippen molar-refractivity contribution in [2.75, 3.05) is 0 Å². The fourth-order valence-corrected chi connectivity index (χ4v) is 3.04. The predicted molar refractivity (Wildman–Crippen MR) is 80.1 cm³/mol. The maximum atomic E-state index is 6.12. The third-order valence-electron chi connectivity index (χ3n) is 2.94. The Morgan fingerprint density at radius 1 is 1.11 bits per heavy atom. The topological polar surface area (TPSA) is 9.23 Å². The van der Waals surface area contributed by atoms with Crippen molar-refractivity contribution >= 4 is 8.32 Å². The molecule has 0 saturated carbocycles. The highest BCUT2D eigenvalue weighted by atomic mass is 28.4. The monoisotopic (exact) mass is 258 g/mol. The second-order valence-electron chi connectivity index (χ2n) is 5.78. The van der Waals surface area contributed by atoms with Crippen LogP contribution in [0.5, 0.6) is 0 Å². The Morgan fingerprint density at radius 2 is 1.83 bits per heavy atom. The van der Waals surface area contributed by atoms with Crippen LogP contribution < -0.4 is 0 Å². The summed E-state index contributed by atoms with van der Waals surface area (Å²) in [6.45, 7) is 6.68. The number of allylic oxidation sites excluding steroid dienone is 3. The molecule has 0 radical (unpaired) electrons. The van der Waals surface area contributed by atoms with Crippen molar-refractivity contribution in [2.24, 2.45) is 0 Å². The van der Waals surface area contributed by atoms with Crippen LogP contribution in [-0.4, -0.2) is 8.32 Å². The van der Waals surface area contributed by atoms with Gasteiger partial charge in [0.2, 0.25) is 8.32 Å². The van der Waals surface area contributed by atoms with E-state index in [1.165, 1.54) is 12.0 Å². The van der Waals surface area contributed by atoms with Gasteiger partial charge in [-0.2, -0.15) is 0 Å². The zero-order chi connectivity index (χ0) is 13.0. The molecule has 0 heterocycles. The first-order valence-corrected chi connectivity index (χ1v) is 10.1. The van der Waals surface area contributed by atoms with Crippen LogP contribution in [0.4, 0.5) is 0 Å². The average molecular weight is 258 g/mol. The Morgan fingerprint density at radius 3 is 2.50 bits per heavy atom. The van der Waals surface area contributed by atoms with Gasteiger partial charge in [0.05, 0.1) is 5.76 Å². The second-order valence-corrected chi connectivity index (χ2v) is 10.2. The van der Waals surface area contributed by atoms with E-state index in [0.29, 0.717) is 5.92 Å². The maximum Gasteiger partial charge on any atom is 0.242 e. The second kappa shape index (κ2) is 5.57. The number of hydrogen-bond donors (Lipinski definition) is 0. The van der Waals surface area contributed by atoms with E-state index in [4.69, 9.17) is 4.43 Å². The summed E-state index contributed by atoms with van der Waals surface area (Å²) in [5, 5.41) is 0. The van der Waals surface area contributed by atoms with Crippen LogP contribution in [0.25, 0.3) is 0 Å². The van der Waals surface area contributed by atoms with E-state index in [0.717, 1.165) is 12.2 Å². The van der Waals surface area contributed by atoms with Crippen molar-refractivity contribution in [1.82, 2.24) is 0 Å². The molecule has 0 amide bonds. The summed E-state index contributed by atoms with van der Waals surface area (Å²) in [5.74, 6) is 1.54. The first-order valence-electron chi connectivity index (χ1n) is 6.67. The minimum absolute atomic E-state index is 0.479. The third kappa shape index (κ3) is 3.88. The van der Waals surface area contributed by atoms with Crippen LogP contribution in [0.3, 0.4) is 0 Å². The molecule has 1 unspecified atom stereocenters. The normalized spacial score (nSPS) is 20.2. The molecular formula is C16H22OSi. The van der Waals surface area contributed by atoms with Gasteiger partial charge in [-0.15, -0.1) is 0 Å². The van der Waals surface area contributed by atoms with Crippen molar-refractivity contribution in [1.29, 1.82) is 0 Å². The predicted octanol–water partition coefficient (Wildman–Crippen LogP) is 4.86. The van der Waals surface area contributed by atoms with Crippen molar-refractivity contribution in [3.8, 4) is 0 Å². The van der Waals surface area contributed by atoms with E-state index < -0.39 is 8.32 Å².